The van der Waals surface area contributed by atoms with Gasteiger partial charge in [0.25, 0.3) is 0 Å². The van der Waals surface area contributed by atoms with Crippen LogP contribution in [0.1, 0.15) is 25.7 Å². The molecule has 2 aliphatic rings. The second-order valence-electron chi connectivity index (χ2n) is 5.17. The van der Waals surface area contributed by atoms with Gasteiger partial charge in [-0.15, -0.1) is 0 Å². The maximum atomic E-state index is 12.1. The van der Waals surface area contributed by atoms with Crippen molar-refractivity contribution in [2.75, 3.05) is 27.2 Å². The number of rotatable bonds is 2. The summed E-state index contributed by atoms with van der Waals surface area (Å²) in [6.45, 7) is 1.73. The molecule has 1 saturated heterocycles. The van der Waals surface area contributed by atoms with Gasteiger partial charge >= 0.3 is 0 Å². The van der Waals surface area contributed by atoms with Crippen molar-refractivity contribution in [1.29, 1.82) is 0 Å². The summed E-state index contributed by atoms with van der Waals surface area (Å²) in [4.78, 5) is 16.2. The zero-order chi connectivity index (χ0) is 11.1. The molecule has 1 unspecified atom stereocenters. The van der Waals surface area contributed by atoms with E-state index in [0.717, 1.165) is 38.8 Å². The minimum absolute atomic E-state index is 0.179. The van der Waals surface area contributed by atoms with E-state index in [2.05, 4.69) is 19.0 Å². The largest absolute Gasteiger partial charge is 0.339 e. The molecule has 15 heavy (non-hydrogen) atoms. The molecule has 1 aliphatic carbocycles. The second kappa shape index (κ2) is 3.76. The molecule has 0 aromatic rings. The van der Waals surface area contributed by atoms with Crippen molar-refractivity contribution in [3.05, 3.63) is 0 Å². The molecular formula is C11H21N3O. The van der Waals surface area contributed by atoms with Gasteiger partial charge in [-0.1, -0.05) is 0 Å². The molecule has 4 heteroatoms. The van der Waals surface area contributed by atoms with E-state index in [1.54, 1.807) is 0 Å². The standard InChI is InChI=1S/C11H21N3O/c1-13(2)9-4-7-14(8-9)10(15)11(12)5-3-6-11/h9H,3-8,12H2,1-2H3. The highest BCUT2D eigenvalue weighted by Gasteiger charge is 2.44. The molecule has 0 radical (unpaired) electrons. The van der Waals surface area contributed by atoms with Crippen LogP contribution in [0.4, 0.5) is 0 Å². The van der Waals surface area contributed by atoms with Crippen molar-refractivity contribution in [2.45, 2.75) is 37.3 Å². The lowest BCUT2D eigenvalue weighted by Gasteiger charge is -2.39. The summed E-state index contributed by atoms with van der Waals surface area (Å²) >= 11 is 0. The lowest BCUT2D eigenvalue weighted by Crippen LogP contribution is -2.59. The second-order valence-corrected chi connectivity index (χ2v) is 5.17. The number of nitrogens with zero attached hydrogens (tertiary/aromatic N) is 2. The average Bonchev–Trinajstić information content (AvgIpc) is 2.61. The van der Waals surface area contributed by atoms with Crippen LogP contribution in [0.5, 0.6) is 0 Å². The van der Waals surface area contributed by atoms with Gasteiger partial charge < -0.3 is 15.5 Å². The van der Waals surface area contributed by atoms with Crippen LogP contribution in [0.15, 0.2) is 0 Å². The normalized spacial score (nSPS) is 29.3. The smallest absolute Gasteiger partial charge is 0.242 e. The van der Waals surface area contributed by atoms with E-state index in [1.165, 1.54) is 0 Å². The number of likely N-dealkylation sites (N-methyl/N-ethyl adjacent to an activating group) is 1. The molecule has 1 amide bonds. The van der Waals surface area contributed by atoms with Gasteiger partial charge in [0, 0.05) is 19.1 Å². The van der Waals surface area contributed by atoms with Crippen molar-refractivity contribution in [1.82, 2.24) is 9.80 Å². The van der Waals surface area contributed by atoms with Crippen LogP contribution in [0.2, 0.25) is 0 Å². The van der Waals surface area contributed by atoms with Crippen LogP contribution in [0.25, 0.3) is 0 Å². The first-order valence-electron chi connectivity index (χ1n) is 5.78. The number of amides is 1. The Bertz CT molecular complexity index is 261. The van der Waals surface area contributed by atoms with Gasteiger partial charge in [-0.2, -0.15) is 0 Å². The van der Waals surface area contributed by atoms with E-state index < -0.39 is 5.54 Å². The van der Waals surface area contributed by atoms with E-state index in [1.807, 2.05) is 4.90 Å². The number of nitrogens with two attached hydrogens (primary N) is 1. The predicted molar refractivity (Wildman–Crippen MR) is 59.4 cm³/mol. The van der Waals surface area contributed by atoms with Crippen LogP contribution in [0, 0.1) is 0 Å². The van der Waals surface area contributed by atoms with Gasteiger partial charge in [-0.05, 0) is 39.8 Å². The Kier molecular flexibility index (Phi) is 2.73. The van der Waals surface area contributed by atoms with Crippen LogP contribution in [0.3, 0.4) is 0 Å². The van der Waals surface area contributed by atoms with Gasteiger partial charge in [0.05, 0.1) is 5.54 Å². The van der Waals surface area contributed by atoms with Crippen molar-refractivity contribution >= 4 is 5.91 Å². The molecular weight excluding hydrogens is 190 g/mol. The van der Waals surface area contributed by atoms with Gasteiger partial charge in [-0.3, -0.25) is 4.79 Å². The monoisotopic (exact) mass is 211 g/mol. The zero-order valence-corrected chi connectivity index (χ0v) is 9.70. The lowest BCUT2D eigenvalue weighted by molar-refractivity contribution is -0.139. The van der Waals surface area contributed by atoms with E-state index in [4.69, 9.17) is 5.73 Å². The topological polar surface area (TPSA) is 49.6 Å². The van der Waals surface area contributed by atoms with Crippen molar-refractivity contribution in [2.24, 2.45) is 5.73 Å². The number of carbonyl (C=O) groups excluding carboxylic acids is 1. The number of hydrogen-bond acceptors (Lipinski definition) is 3. The van der Waals surface area contributed by atoms with Crippen LogP contribution in [-0.4, -0.2) is 54.5 Å². The third-order valence-corrected chi connectivity index (χ3v) is 3.85. The summed E-state index contributed by atoms with van der Waals surface area (Å²) in [6.07, 6.45) is 3.92. The Labute approximate surface area is 91.4 Å². The summed E-state index contributed by atoms with van der Waals surface area (Å²) < 4.78 is 0. The van der Waals surface area contributed by atoms with Crippen molar-refractivity contribution in [3.8, 4) is 0 Å². The molecule has 86 valence electrons. The Morgan fingerprint density at radius 2 is 2.13 bits per heavy atom. The summed E-state index contributed by atoms with van der Waals surface area (Å²) in [5, 5.41) is 0. The highest BCUT2D eigenvalue weighted by Crippen LogP contribution is 2.32. The summed E-state index contributed by atoms with van der Waals surface area (Å²) in [5.41, 5.74) is 5.53. The minimum atomic E-state index is -0.513. The van der Waals surface area contributed by atoms with E-state index in [-0.39, 0.29) is 5.91 Å². The first-order valence-corrected chi connectivity index (χ1v) is 5.78. The molecule has 4 nitrogen and oxygen atoms in total. The fourth-order valence-corrected chi connectivity index (χ4v) is 2.43. The highest BCUT2D eigenvalue weighted by atomic mass is 16.2. The molecule has 2 rings (SSSR count). The van der Waals surface area contributed by atoms with Crippen LogP contribution in [-0.2, 0) is 4.79 Å². The average molecular weight is 211 g/mol. The molecule has 1 atom stereocenters. The fraction of sp³-hybridized carbons (Fsp3) is 0.909. The molecule has 1 aliphatic heterocycles. The van der Waals surface area contributed by atoms with E-state index in [0.29, 0.717) is 6.04 Å². The van der Waals surface area contributed by atoms with Crippen molar-refractivity contribution in [3.63, 3.8) is 0 Å². The SMILES string of the molecule is CN(C)C1CCN(C(=O)C2(N)CCC2)C1. The van der Waals surface area contributed by atoms with Crippen LogP contribution < -0.4 is 5.73 Å². The first-order chi connectivity index (χ1) is 7.03. The van der Waals surface area contributed by atoms with Crippen LogP contribution >= 0.6 is 0 Å². The zero-order valence-electron chi connectivity index (χ0n) is 9.70. The molecule has 1 saturated carbocycles. The van der Waals surface area contributed by atoms with E-state index in [9.17, 15) is 4.79 Å². The number of hydrogen-bond donors (Lipinski definition) is 1. The molecule has 0 bridgehead atoms. The van der Waals surface area contributed by atoms with Gasteiger partial charge in [0.15, 0.2) is 0 Å². The number of likely N-dealkylation sites (tertiary alicyclic amines) is 1. The summed E-state index contributed by atoms with van der Waals surface area (Å²) in [7, 11) is 4.14. The Hall–Kier alpha value is -0.610. The maximum absolute atomic E-state index is 12.1. The van der Waals surface area contributed by atoms with E-state index >= 15 is 0 Å². The Balaban J connectivity index is 1.93. The molecule has 2 fully saturated rings. The highest BCUT2D eigenvalue weighted by molar-refractivity contribution is 5.87. The summed E-state index contributed by atoms with van der Waals surface area (Å²) in [6, 6.07) is 0.512. The minimum Gasteiger partial charge on any atom is -0.339 e. The third-order valence-electron chi connectivity index (χ3n) is 3.85. The first kappa shape index (κ1) is 10.9. The maximum Gasteiger partial charge on any atom is 0.242 e. The van der Waals surface area contributed by atoms with Crippen molar-refractivity contribution < 1.29 is 4.79 Å². The molecule has 0 spiro atoms. The number of carbonyl (C=O) groups is 1. The lowest BCUT2D eigenvalue weighted by atomic mass is 9.76. The van der Waals surface area contributed by atoms with Gasteiger partial charge in [-0.25, -0.2) is 0 Å². The summed E-state index contributed by atoms with van der Waals surface area (Å²) in [5.74, 6) is 0.179. The Morgan fingerprint density at radius 3 is 2.53 bits per heavy atom. The third kappa shape index (κ3) is 1.88. The molecule has 2 N–H and O–H groups in total. The fourth-order valence-electron chi connectivity index (χ4n) is 2.43. The molecule has 0 aromatic heterocycles. The predicted octanol–water partition coefficient (Wildman–Crippen LogP) is 0.0303. The Morgan fingerprint density at radius 1 is 1.47 bits per heavy atom. The van der Waals surface area contributed by atoms with Gasteiger partial charge in [0.2, 0.25) is 5.91 Å². The molecule has 1 heterocycles. The molecule has 0 aromatic carbocycles. The quantitative estimate of drug-likeness (QED) is 0.701. The van der Waals surface area contributed by atoms with Gasteiger partial charge in [0.1, 0.15) is 0 Å².